The molecule has 0 unspecified atom stereocenters. The summed E-state index contributed by atoms with van der Waals surface area (Å²) in [5.74, 6) is 0.252. The highest BCUT2D eigenvalue weighted by Crippen LogP contribution is 2.35. The Morgan fingerprint density at radius 3 is 2.73 bits per heavy atom. The van der Waals surface area contributed by atoms with E-state index in [1.165, 1.54) is 11.3 Å². The number of hydrogen-bond donors (Lipinski definition) is 2. The molecule has 3 aromatic heterocycles. The lowest BCUT2D eigenvalue weighted by atomic mass is 10.1. The first-order chi connectivity index (χ1) is 10.5. The number of pyridine rings is 2. The molecule has 0 bridgehead atoms. The molecule has 0 atom stereocenters. The first-order valence-corrected chi connectivity index (χ1v) is 7.67. The fraction of sp³-hybridized carbons (Fsp3) is 0.188. The zero-order valence-corrected chi connectivity index (χ0v) is 13.4. The highest BCUT2D eigenvalue weighted by molar-refractivity contribution is 7.21. The van der Waals surface area contributed by atoms with Gasteiger partial charge in [0.05, 0.1) is 5.69 Å². The summed E-state index contributed by atoms with van der Waals surface area (Å²) in [5.41, 5.74) is 9.62. The molecule has 3 heterocycles. The molecule has 112 valence electrons. The molecular formula is C16H16N4OS. The van der Waals surface area contributed by atoms with E-state index in [0.29, 0.717) is 16.4 Å². The monoisotopic (exact) mass is 312 g/mol. The molecule has 0 saturated carbocycles. The van der Waals surface area contributed by atoms with E-state index in [2.05, 4.69) is 15.3 Å². The van der Waals surface area contributed by atoms with Gasteiger partial charge in [0.15, 0.2) is 0 Å². The van der Waals surface area contributed by atoms with Gasteiger partial charge < -0.3 is 11.1 Å². The molecule has 0 aliphatic carbocycles. The van der Waals surface area contributed by atoms with Gasteiger partial charge in [-0.15, -0.1) is 11.3 Å². The third-order valence-electron chi connectivity index (χ3n) is 3.38. The Labute approximate surface area is 132 Å². The number of carbonyl (C=O) groups excluding carboxylic acids is 1. The maximum absolute atomic E-state index is 12.4. The van der Waals surface area contributed by atoms with E-state index in [1.807, 2.05) is 32.9 Å². The average Bonchev–Trinajstić information content (AvgIpc) is 2.78. The first kappa shape index (κ1) is 14.5. The molecule has 3 aromatic rings. The van der Waals surface area contributed by atoms with Gasteiger partial charge in [-0.1, -0.05) is 6.07 Å². The molecule has 0 aliphatic rings. The van der Waals surface area contributed by atoms with Crippen molar-refractivity contribution in [1.82, 2.24) is 9.97 Å². The standard InChI is InChI=1S/C16H16N4OS/c1-8-4-5-11(18-7-8)20-15(21)14-13(17)12-9(2)6-10(3)19-16(12)22-14/h4-7H,17H2,1-3H3,(H,18,20,21). The smallest absolute Gasteiger partial charge is 0.269 e. The summed E-state index contributed by atoms with van der Waals surface area (Å²) in [6, 6.07) is 5.63. The minimum absolute atomic E-state index is 0.256. The van der Waals surface area contributed by atoms with Crippen LogP contribution in [0.1, 0.15) is 26.5 Å². The zero-order valence-electron chi connectivity index (χ0n) is 12.6. The molecule has 6 heteroatoms. The van der Waals surface area contributed by atoms with E-state index in [-0.39, 0.29) is 5.91 Å². The number of nitrogens with two attached hydrogens (primary N) is 1. The SMILES string of the molecule is Cc1ccc(NC(=O)c2sc3nc(C)cc(C)c3c2N)nc1. The van der Waals surface area contributed by atoms with Gasteiger partial charge in [-0.3, -0.25) is 4.79 Å². The lowest BCUT2D eigenvalue weighted by Gasteiger charge is -2.04. The summed E-state index contributed by atoms with van der Waals surface area (Å²) in [5, 5.41) is 3.63. The number of thiophene rings is 1. The van der Waals surface area contributed by atoms with Gasteiger partial charge in [-0.25, -0.2) is 9.97 Å². The molecule has 0 spiro atoms. The topological polar surface area (TPSA) is 80.9 Å². The van der Waals surface area contributed by atoms with Crippen LogP contribution < -0.4 is 11.1 Å². The Morgan fingerprint density at radius 2 is 2.05 bits per heavy atom. The van der Waals surface area contributed by atoms with Crippen molar-refractivity contribution in [3.05, 3.63) is 46.1 Å². The van der Waals surface area contributed by atoms with Crippen LogP contribution in [-0.4, -0.2) is 15.9 Å². The number of carbonyl (C=O) groups is 1. The minimum atomic E-state index is -0.256. The van der Waals surface area contributed by atoms with Gasteiger partial charge in [0.1, 0.15) is 15.5 Å². The molecule has 0 fully saturated rings. The summed E-state index contributed by atoms with van der Waals surface area (Å²) in [6.07, 6.45) is 1.71. The molecule has 22 heavy (non-hydrogen) atoms. The molecule has 3 N–H and O–H groups in total. The van der Waals surface area contributed by atoms with E-state index in [1.54, 1.807) is 12.3 Å². The number of nitrogens with one attached hydrogen (secondary N) is 1. The number of anilines is 2. The maximum atomic E-state index is 12.4. The highest BCUT2D eigenvalue weighted by atomic mass is 32.1. The Hall–Kier alpha value is -2.47. The fourth-order valence-corrected chi connectivity index (χ4v) is 3.46. The van der Waals surface area contributed by atoms with Crippen molar-refractivity contribution < 1.29 is 4.79 Å². The van der Waals surface area contributed by atoms with Crippen molar-refractivity contribution in [3.63, 3.8) is 0 Å². The van der Waals surface area contributed by atoms with E-state index in [9.17, 15) is 4.79 Å². The fourth-order valence-electron chi connectivity index (χ4n) is 2.35. The highest BCUT2D eigenvalue weighted by Gasteiger charge is 2.19. The Balaban J connectivity index is 1.99. The first-order valence-electron chi connectivity index (χ1n) is 6.86. The van der Waals surface area contributed by atoms with Crippen molar-refractivity contribution in [2.24, 2.45) is 0 Å². The van der Waals surface area contributed by atoms with E-state index >= 15 is 0 Å². The largest absolute Gasteiger partial charge is 0.397 e. The predicted molar refractivity (Wildman–Crippen MR) is 90.4 cm³/mol. The summed E-state index contributed by atoms with van der Waals surface area (Å²) in [7, 11) is 0. The van der Waals surface area contributed by atoms with Crippen LogP contribution in [-0.2, 0) is 0 Å². The minimum Gasteiger partial charge on any atom is -0.397 e. The second kappa shape index (κ2) is 5.38. The van der Waals surface area contributed by atoms with Crippen molar-refractivity contribution in [1.29, 1.82) is 0 Å². The quantitative estimate of drug-likeness (QED) is 0.759. The number of amides is 1. The summed E-state index contributed by atoms with van der Waals surface area (Å²) in [4.78, 5) is 22.3. The molecule has 0 aromatic carbocycles. The van der Waals surface area contributed by atoms with Gasteiger partial charge in [0.25, 0.3) is 5.91 Å². The number of nitrogens with zero attached hydrogens (tertiary/aromatic N) is 2. The van der Waals surface area contributed by atoms with Crippen molar-refractivity contribution in [3.8, 4) is 0 Å². The molecule has 0 radical (unpaired) electrons. The second-order valence-electron chi connectivity index (χ2n) is 5.28. The van der Waals surface area contributed by atoms with Gasteiger partial charge in [-0.2, -0.15) is 0 Å². The zero-order chi connectivity index (χ0) is 15.9. The van der Waals surface area contributed by atoms with Crippen LogP contribution in [0, 0.1) is 20.8 Å². The van der Waals surface area contributed by atoms with Crippen molar-refractivity contribution >= 4 is 39.0 Å². The number of fused-ring (bicyclic) bond motifs is 1. The van der Waals surface area contributed by atoms with Crippen LogP contribution in [0.3, 0.4) is 0 Å². The second-order valence-corrected chi connectivity index (χ2v) is 6.28. The van der Waals surface area contributed by atoms with Crippen LogP contribution in [0.2, 0.25) is 0 Å². The number of hydrogen-bond acceptors (Lipinski definition) is 5. The molecule has 0 aliphatic heterocycles. The third-order valence-corrected chi connectivity index (χ3v) is 4.48. The van der Waals surface area contributed by atoms with Crippen LogP contribution in [0.5, 0.6) is 0 Å². The van der Waals surface area contributed by atoms with Gasteiger partial charge in [0, 0.05) is 17.3 Å². The third kappa shape index (κ3) is 2.53. The number of rotatable bonds is 2. The average molecular weight is 312 g/mol. The Morgan fingerprint density at radius 1 is 1.27 bits per heavy atom. The lowest BCUT2D eigenvalue weighted by Crippen LogP contribution is -2.12. The van der Waals surface area contributed by atoms with E-state index < -0.39 is 0 Å². The molecule has 0 saturated heterocycles. The Bertz CT molecular complexity index is 868. The van der Waals surface area contributed by atoms with E-state index in [0.717, 1.165) is 27.0 Å². The maximum Gasteiger partial charge on any atom is 0.269 e. The van der Waals surface area contributed by atoms with Crippen molar-refractivity contribution in [2.45, 2.75) is 20.8 Å². The van der Waals surface area contributed by atoms with Crippen LogP contribution in [0.15, 0.2) is 24.4 Å². The summed E-state index contributed by atoms with van der Waals surface area (Å²) in [6.45, 7) is 5.85. The Kier molecular flexibility index (Phi) is 3.54. The van der Waals surface area contributed by atoms with Gasteiger partial charge >= 0.3 is 0 Å². The summed E-state index contributed by atoms with van der Waals surface area (Å²) >= 11 is 1.31. The normalized spacial score (nSPS) is 10.9. The van der Waals surface area contributed by atoms with Crippen LogP contribution >= 0.6 is 11.3 Å². The predicted octanol–water partition coefficient (Wildman–Crippen LogP) is 3.45. The van der Waals surface area contributed by atoms with E-state index in [4.69, 9.17) is 5.73 Å². The van der Waals surface area contributed by atoms with Crippen molar-refractivity contribution in [2.75, 3.05) is 11.1 Å². The molecule has 1 amide bonds. The number of aromatic nitrogens is 2. The van der Waals surface area contributed by atoms with Crippen LogP contribution in [0.25, 0.3) is 10.2 Å². The number of nitrogen functional groups attached to an aromatic ring is 1. The lowest BCUT2D eigenvalue weighted by molar-refractivity contribution is 0.103. The van der Waals surface area contributed by atoms with Crippen LogP contribution in [0.4, 0.5) is 11.5 Å². The molecule has 3 rings (SSSR count). The molecular weight excluding hydrogens is 296 g/mol. The summed E-state index contributed by atoms with van der Waals surface area (Å²) < 4.78 is 0. The van der Waals surface area contributed by atoms with Gasteiger partial charge in [-0.05, 0) is 44.0 Å². The van der Waals surface area contributed by atoms with Gasteiger partial charge in [0.2, 0.25) is 0 Å². The number of aryl methyl sites for hydroxylation is 3. The molecule has 5 nitrogen and oxygen atoms in total.